The zero-order chi connectivity index (χ0) is 24.9. The van der Waals surface area contributed by atoms with E-state index < -0.39 is 17.0 Å². The molecule has 186 valence electrons. The molecule has 2 fully saturated rings. The van der Waals surface area contributed by atoms with Gasteiger partial charge in [0.15, 0.2) is 6.10 Å². The first-order valence-electron chi connectivity index (χ1n) is 12.2. The highest BCUT2D eigenvalue weighted by atomic mass is 16.6. The number of nitro groups is 1. The molecule has 2 aliphatic rings. The lowest BCUT2D eigenvalue weighted by atomic mass is 9.99. The van der Waals surface area contributed by atoms with Crippen LogP contribution in [0.15, 0.2) is 48.5 Å². The number of carbonyl (C=O) groups excluding carboxylic acids is 2. The van der Waals surface area contributed by atoms with E-state index in [0.717, 1.165) is 31.6 Å². The molecular weight excluding hydrogens is 448 g/mol. The molecule has 2 heterocycles. The summed E-state index contributed by atoms with van der Waals surface area (Å²) >= 11 is 0. The number of piperidine rings is 1. The van der Waals surface area contributed by atoms with Crippen LogP contribution < -0.4 is 9.80 Å². The molecule has 2 saturated heterocycles. The number of piperazine rings is 1. The van der Waals surface area contributed by atoms with Crippen LogP contribution >= 0.6 is 0 Å². The van der Waals surface area contributed by atoms with Crippen LogP contribution in [0.1, 0.15) is 37.0 Å². The van der Waals surface area contributed by atoms with Gasteiger partial charge in [0.1, 0.15) is 5.69 Å². The number of hydrogen-bond donors (Lipinski definition) is 0. The van der Waals surface area contributed by atoms with Gasteiger partial charge in [0.25, 0.3) is 11.6 Å². The first-order chi connectivity index (χ1) is 16.8. The topological polar surface area (TPSA) is 96.2 Å². The van der Waals surface area contributed by atoms with E-state index in [1.54, 1.807) is 24.0 Å². The van der Waals surface area contributed by atoms with E-state index >= 15 is 0 Å². The third kappa shape index (κ3) is 5.72. The summed E-state index contributed by atoms with van der Waals surface area (Å²) in [6.07, 6.45) is 1.09. The molecular formula is C26H32N4O5. The highest BCUT2D eigenvalue weighted by molar-refractivity contribution is 5.93. The Morgan fingerprint density at radius 1 is 1.03 bits per heavy atom. The molecule has 2 aliphatic heterocycles. The van der Waals surface area contributed by atoms with Gasteiger partial charge in [-0.2, -0.15) is 0 Å². The predicted octanol–water partition coefficient (Wildman–Crippen LogP) is 3.73. The molecule has 35 heavy (non-hydrogen) atoms. The average molecular weight is 481 g/mol. The van der Waals surface area contributed by atoms with Gasteiger partial charge in [-0.15, -0.1) is 0 Å². The molecule has 2 aromatic carbocycles. The SMILES string of the molecule is CC1CCCN(c2ccc(C(=O)OC(C)C(=O)N3CCN(c4ccccc4)CC3)cc2[N+](=O)[O-])C1. The summed E-state index contributed by atoms with van der Waals surface area (Å²) in [6.45, 7) is 7.61. The van der Waals surface area contributed by atoms with Gasteiger partial charge in [-0.25, -0.2) is 4.79 Å². The number of nitrogens with zero attached hydrogens (tertiary/aromatic N) is 4. The molecule has 9 heteroatoms. The van der Waals surface area contributed by atoms with Crippen LogP contribution in [0.4, 0.5) is 17.1 Å². The fraction of sp³-hybridized carbons (Fsp3) is 0.462. The van der Waals surface area contributed by atoms with Crippen molar-refractivity contribution in [3.8, 4) is 0 Å². The number of para-hydroxylation sites is 1. The van der Waals surface area contributed by atoms with Crippen LogP contribution in [0.25, 0.3) is 0 Å². The molecule has 1 amide bonds. The second kappa shape index (κ2) is 10.8. The summed E-state index contributed by atoms with van der Waals surface area (Å²) in [6, 6.07) is 14.4. The minimum Gasteiger partial charge on any atom is -0.449 e. The van der Waals surface area contributed by atoms with Crippen molar-refractivity contribution in [1.29, 1.82) is 0 Å². The van der Waals surface area contributed by atoms with E-state index in [2.05, 4.69) is 11.8 Å². The van der Waals surface area contributed by atoms with E-state index in [9.17, 15) is 19.7 Å². The number of amides is 1. The van der Waals surface area contributed by atoms with Crippen LogP contribution in [-0.2, 0) is 9.53 Å². The van der Waals surface area contributed by atoms with Gasteiger partial charge < -0.3 is 19.4 Å². The maximum atomic E-state index is 12.9. The highest BCUT2D eigenvalue weighted by Crippen LogP contribution is 2.32. The molecule has 2 atom stereocenters. The van der Waals surface area contributed by atoms with Gasteiger partial charge in [0.05, 0.1) is 10.5 Å². The van der Waals surface area contributed by atoms with Crippen molar-refractivity contribution in [3.63, 3.8) is 0 Å². The molecule has 0 aliphatic carbocycles. The standard InChI is InChI=1S/C26H32N4O5/c1-19-7-6-12-29(18-19)23-11-10-21(17-24(23)30(33)34)26(32)35-20(2)25(31)28-15-13-27(14-16-28)22-8-4-3-5-9-22/h3-5,8-11,17,19-20H,6-7,12-16,18H2,1-2H3. The minimum absolute atomic E-state index is 0.0686. The molecule has 0 radical (unpaired) electrons. The number of ether oxygens (including phenoxy) is 1. The van der Waals surface area contributed by atoms with E-state index in [0.29, 0.717) is 37.8 Å². The van der Waals surface area contributed by atoms with Crippen LogP contribution in [0.3, 0.4) is 0 Å². The molecule has 4 rings (SSSR count). The minimum atomic E-state index is -0.979. The second-order valence-electron chi connectivity index (χ2n) is 9.35. The Kier molecular flexibility index (Phi) is 7.53. The molecule has 0 saturated carbocycles. The van der Waals surface area contributed by atoms with Gasteiger partial charge in [0.2, 0.25) is 0 Å². The van der Waals surface area contributed by atoms with Crippen LogP contribution in [0.2, 0.25) is 0 Å². The number of hydrogen-bond acceptors (Lipinski definition) is 7. The Balaban J connectivity index is 1.37. The smallest absolute Gasteiger partial charge is 0.339 e. The predicted molar refractivity (Wildman–Crippen MR) is 134 cm³/mol. The van der Waals surface area contributed by atoms with Crippen molar-refractivity contribution >= 4 is 28.9 Å². The van der Waals surface area contributed by atoms with Gasteiger partial charge in [0, 0.05) is 51.0 Å². The van der Waals surface area contributed by atoms with Crippen molar-refractivity contribution in [2.75, 3.05) is 49.1 Å². The van der Waals surface area contributed by atoms with Gasteiger partial charge >= 0.3 is 5.97 Å². The maximum Gasteiger partial charge on any atom is 0.339 e. The Morgan fingerprint density at radius 3 is 2.40 bits per heavy atom. The normalized spacial score (nSPS) is 19.3. The van der Waals surface area contributed by atoms with Gasteiger partial charge in [-0.3, -0.25) is 14.9 Å². The van der Waals surface area contributed by atoms with Crippen LogP contribution in [-0.4, -0.2) is 67.1 Å². The van der Waals surface area contributed by atoms with E-state index in [4.69, 9.17) is 4.74 Å². The summed E-state index contributed by atoms with van der Waals surface area (Å²) in [5.41, 5.74) is 1.57. The first kappa shape index (κ1) is 24.5. The maximum absolute atomic E-state index is 12.9. The third-order valence-electron chi connectivity index (χ3n) is 6.75. The van der Waals surface area contributed by atoms with Crippen LogP contribution in [0, 0.1) is 16.0 Å². The Bertz CT molecular complexity index is 1070. The second-order valence-corrected chi connectivity index (χ2v) is 9.35. The summed E-state index contributed by atoms with van der Waals surface area (Å²) in [5.74, 6) is -0.552. The number of nitro benzene ring substituents is 1. The van der Waals surface area contributed by atoms with E-state index in [1.165, 1.54) is 6.07 Å². The molecule has 2 aromatic rings. The summed E-state index contributed by atoms with van der Waals surface area (Å²) in [7, 11) is 0. The number of carbonyl (C=O) groups is 2. The lowest BCUT2D eigenvalue weighted by molar-refractivity contribution is -0.384. The first-order valence-corrected chi connectivity index (χ1v) is 12.2. The number of esters is 1. The van der Waals surface area contributed by atoms with Gasteiger partial charge in [-0.1, -0.05) is 25.1 Å². The molecule has 0 aromatic heterocycles. The third-order valence-corrected chi connectivity index (χ3v) is 6.75. The van der Waals surface area contributed by atoms with Gasteiger partial charge in [-0.05, 0) is 49.9 Å². The Hall–Kier alpha value is -3.62. The summed E-state index contributed by atoms with van der Waals surface area (Å²) in [4.78, 5) is 42.8. The fourth-order valence-corrected chi connectivity index (χ4v) is 4.83. The Morgan fingerprint density at radius 2 is 1.74 bits per heavy atom. The number of rotatable bonds is 6. The summed E-state index contributed by atoms with van der Waals surface area (Å²) in [5, 5.41) is 11.7. The Labute approximate surface area is 205 Å². The monoisotopic (exact) mass is 480 g/mol. The zero-order valence-corrected chi connectivity index (χ0v) is 20.3. The zero-order valence-electron chi connectivity index (χ0n) is 20.3. The van der Waals surface area contributed by atoms with Crippen molar-refractivity contribution in [2.45, 2.75) is 32.8 Å². The van der Waals surface area contributed by atoms with E-state index in [1.807, 2.05) is 35.2 Å². The van der Waals surface area contributed by atoms with E-state index in [-0.39, 0.29) is 17.2 Å². The average Bonchev–Trinajstić information content (AvgIpc) is 2.88. The van der Waals surface area contributed by atoms with Crippen LogP contribution in [0.5, 0.6) is 0 Å². The quantitative estimate of drug-likeness (QED) is 0.353. The van der Waals surface area contributed by atoms with Crippen molar-refractivity contribution in [1.82, 2.24) is 4.90 Å². The lowest BCUT2D eigenvalue weighted by Crippen LogP contribution is -2.51. The number of benzene rings is 2. The summed E-state index contributed by atoms with van der Waals surface area (Å²) < 4.78 is 5.42. The molecule has 0 spiro atoms. The lowest BCUT2D eigenvalue weighted by Gasteiger charge is -2.37. The fourth-order valence-electron chi connectivity index (χ4n) is 4.83. The van der Waals surface area contributed by atoms with Crippen molar-refractivity contribution < 1.29 is 19.2 Å². The largest absolute Gasteiger partial charge is 0.449 e. The van der Waals surface area contributed by atoms with Crippen molar-refractivity contribution in [3.05, 3.63) is 64.2 Å². The molecule has 0 bridgehead atoms. The molecule has 0 N–H and O–H groups in total. The number of anilines is 2. The molecule has 9 nitrogen and oxygen atoms in total. The highest BCUT2D eigenvalue weighted by Gasteiger charge is 2.29. The van der Waals surface area contributed by atoms with Crippen molar-refractivity contribution in [2.24, 2.45) is 5.92 Å². The molecule has 2 unspecified atom stereocenters.